The maximum atomic E-state index is 5.89. The lowest BCUT2D eigenvalue weighted by Crippen LogP contribution is -2.19. The van der Waals surface area contributed by atoms with Crippen LogP contribution in [0.1, 0.15) is 32.2 Å². The highest BCUT2D eigenvalue weighted by Crippen LogP contribution is 2.28. The summed E-state index contributed by atoms with van der Waals surface area (Å²) in [5, 5.41) is 4.25. The van der Waals surface area contributed by atoms with E-state index in [0.717, 1.165) is 29.1 Å². The van der Waals surface area contributed by atoms with Crippen molar-refractivity contribution in [3.05, 3.63) is 42.0 Å². The fraction of sp³-hybridized carbons (Fsp3) is 0.375. The van der Waals surface area contributed by atoms with E-state index in [1.54, 1.807) is 0 Å². The molecule has 2 N–H and O–H groups in total. The maximum Gasteiger partial charge on any atom is 0.115 e. The van der Waals surface area contributed by atoms with Gasteiger partial charge >= 0.3 is 0 Å². The molecule has 5 nitrogen and oxygen atoms in total. The molecule has 0 radical (unpaired) electrons. The van der Waals surface area contributed by atoms with Gasteiger partial charge in [0.2, 0.25) is 0 Å². The molecular weight excluding hydrogens is 262 g/mol. The Morgan fingerprint density at radius 1 is 1.24 bits per heavy atom. The minimum atomic E-state index is -0.0318. The van der Waals surface area contributed by atoms with Crippen LogP contribution in [-0.4, -0.2) is 19.3 Å². The number of fused-ring (bicyclic) bond motifs is 1. The molecule has 0 saturated carbocycles. The van der Waals surface area contributed by atoms with Crippen molar-refractivity contribution >= 4 is 16.7 Å². The molecule has 0 fully saturated rings. The molecule has 5 heteroatoms. The van der Waals surface area contributed by atoms with Crippen LogP contribution in [0.5, 0.6) is 0 Å². The van der Waals surface area contributed by atoms with E-state index in [4.69, 9.17) is 10.7 Å². The molecule has 0 aliphatic carbocycles. The van der Waals surface area contributed by atoms with Crippen molar-refractivity contribution in [2.75, 3.05) is 5.73 Å². The molecule has 0 saturated heterocycles. The van der Waals surface area contributed by atoms with Crippen molar-refractivity contribution in [2.45, 2.75) is 32.7 Å². The summed E-state index contributed by atoms with van der Waals surface area (Å²) in [6, 6.07) is 5.91. The molecule has 3 aromatic rings. The van der Waals surface area contributed by atoms with E-state index in [2.05, 4.69) is 30.4 Å². The van der Waals surface area contributed by atoms with Gasteiger partial charge < -0.3 is 10.3 Å². The Morgan fingerprint density at radius 2 is 2.00 bits per heavy atom. The van der Waals surface area contributed by atoms with Gasteiger partial charge in [0, 0.05) is 29.9 Å². The summed E-state index contributed by atoms with van der Waals surface area (Å²) in [4.78, 5) is 4.80. The van der Waals surface area contributed by atoms with E-state index < -0.39 is 0 Å². The first-order chi connectivity index (χ1) is 9.84. The average Bonchev–Trinajstić information content (AvgIpc) is 2.93. The van der Waals surface area contributed by atoms with Crippen molar-refractivity contribution in [1.82, 2.24) is 19.3 Å². The van der Waals surface area contributed by atoms with E-state index in [1.165, 1.54) is 5.56 Å². The van der Waals surface area contributed by atoms with Crippen molar-refractivity contribution in [3.63, 3.8) is 0 Å². The zero-order valence-corrected chi connectivity index (χ0v) is 13.0. The maximum absolute atomic E-state index is 5.89. The van der Waals surface area contributed by atoms with Gasteiger partial charge in [0.25, 0.3) is 0 Å². The number of anilines is 1. The summed E-state index contributed by atoms with van der Waals surface area (Å²) < 4.78 is 4.08. The second-order valence-electron chi connectivity index (χ2n) is 6.54. The molecule has 0 bridgehead atoms. The van der Waals surface area contributed by atoms with E-state index in [1.807, 2.05) is 42.3 Å². The standard InChI is InChI=1S/C16H21N5/c1-16(2,3)15-19-13-7-12(17)5-6-14(13)21(15)10-11-8-18-20(4)9-11/h5-9H,10,17H2,1-4H3. The molecule has 0 spiro atoms. The SMILES string of the molecule is Cn1cc(Cn2c(C(C)(C)C)nc3cc(N)ccc32)cn1. The number of hydrogen-bond donors (Lipinski definition) is 1. The molecule has 110 valence electrons. The third-order valence-electron chi connectivity index (χ3n) is 3.54. The number of rotatable bonds is 2. The normalized spacial score (nSPS) is 12.2. The second-order valence-corrected chi connectivity index (χ2v) is 6.54. The molecular formula is C16H21N5. The summed E-state index contributed by atoms with van der Waals surface area (Å²) in [6.07, 6.45) is 3.94. The topological polar surface area (TPSA) is 61.7 Å². The molecule has 0 aliphatic rings. The lowest BCUT2D eigenvalue weighted by molar-refractivity contribution is 0.516. The van der Waals surface area contributed by atoms with Gasteiger partial charge in [0.1, 0.15) is 5.82 Å². The predicted octanol–water partition coefficient (Wildman–Crippen LogP) is 2.70. The first-order valence-corrected chi connectivity index (χ1v) is 7.08. The summed E-state index contributed by atoms with van der Waals surface area (Å²) >= 11 is 0. The van der Waals surface area contributed by atoms with E-state index in [0.29, 0.717) is 0 Å². The van der Waals surface area contributed by atoms with Crippen LogP contribution in [-0.2, 0) is 19.0 Å². The smallest absolute Gasteiger partial charge is 0.115 e. The first-order valence-electron chi connectivity index (χ1n) is 7.08. The number of aryl methyl sites for hydroxylation is 1. The Balaban J connectivity index is 2.17. The Morgan fingerprint density at radius 3 is 2.62 bits per heavy atom. The third-order valence-corrected chi connectivity index (χ3v) is 3.54. The van der Waals surface area contributed by atoms with Crippen LogP contribution in [0.3, 0.4) is 0 Å². The quantitative estimate of drug-likeness (QED) is 0.736. The third kappa shape index (κ3) is 2.51. The van der Waals surface area contributed by atoms with Gasteiger partial charge in [0.15, 0.2) is 0 Å². The Hall–Kier alpha value is -2.30. The van der Waals surface area contributed by atoms with Crippen molar-refractivity contribution in [2.24, 2.45) is 7.05 Å². The van der Waals surface area contributed by atoms with Gasteiger partial charge in [0.05, 0.1) is 23.8 Å². The van der Waals surface area contributed by atoms with Crippen molar-refractivity contribution < 1.29 is 0 Å². The monoisotopic (exact) mass is 283 g/mol. The van der Waals surface area contributed by atoms with Crippen LogP contribution in [0.2, 0.25) is 0 Å². The molecule has 21 heavy (non-hydrogen) atoms. The fourth-order valence-corrected chi connectivity index (χ4v) is 2.62. The van der Waals surface area contributed by atoms with E-state index >= 15 is 0 Å². The Labute approximate surface area is 124 Å². The van der Waals surface area contributed by atoms with Crippen LogP contribution < -0.4 is 5.73 Å². The largest absolute Gasteiger partial charge is 0.399 e. The molecule has 0 aliphatic heterocycles. The highest BCUT2D eigenvalue weighted by Gasteiger charge is 2.23. The zero-order chi connectivity index (χ0) is 15.2. The van der Waals surface area contributed by atoms with Gasteiger partial charge in [-0.05, 0) is 18.2 Å². The van der Waals surface area contributed by atoms with Crippen LogP contribution in [0.15, 0.2) is 30.6 Å². The number of aromatic nitrogens is 4. The van der Waals surface area contributed by atoms with Crippen LogP contribution in [0.25, 0.3) is 11.0 Å². The first kappa shape index (κ1) is 13.7. The van der Waals surface area contributed by atoms with Crippen molar-refractivity contribution in [1.29, 1.82) is 0 Å². The predicted molar refractivity (Wildman–Crippen MR) is 85.2 cm³/mol. The number of nitrogens with zero attached hydrogens (tertiary/aromatic N) is 4. The zero-order valence-electron chi connectivity index (χ0n) is 13.0. The number of benzene rings is 1. The van der Waals surface area contributed by atoms with Crippen LogP contribution >= 0.6 is 0 Å². The number of hydrogen-bond acceptors (Lipinski definition) is 3. The lowest BCUT2D eigenvalue weighted by atomic mass is 9.95. The number of imidazole rings is 1. The molecule has 0 amide bonds. The summed E-state index contributed by atoms with van der Waals surface area (Å²) in [5.74, 6) is 1.06. The van der Waals surface area contributed by atoms with Gasteiger partial charge in [-0.1, -0.05) is 20.8 Å². The van der Waals surface area contributed by atoms with Gasteiger partial charge in [-0.15, -0.1) is 0 Å². The van der Waals surface area contributed by atoms with Gasteiger partial charge in [-0.25, -0.2) is 4.98 Å². The summed E-state index contributed by atoms with van der Waals surface area (Å²) in [7, 11) is 1.93. The minimum Gasteiger partial charge on any atom is -0.399 e. The molecule has 0 unspecified atom stereocenters. The molecule has 0 atom stereocenters. The van der Waals surface area contributed by atoms with E-state index in [-0.39, 0.29) is 5.41 Å². The summed E-state index contributed by atoms with van der Waals surface area (Å²) in [5.41, 5.74) is 9.82. The molecule has 3 rings (SSSR count). The van der Waals surface area contributed by atoms with Crippen LogP contribution in [0.4, 0.5) is 5.69 Å². The van der Waals surface area contributed by atoms with Crippen LogP contribution in [0, 0.1) is 0 Å². The van der Waals surface area contributed by atoms with Gasteiger partial charge in [-0.2, -0.15) is 5.10 Å². The number of nitrogen functional groups attached to an aromatic ring is 1. The van der Waals surface area contributed by atoms with E-state index in [9.17, 15) is 0 Å². The van der Waals surface area contributed by atoms with Crippen molar-refractivity contribution in [3.8, 4) is 0 Å². The highest BCUT2D eigenvalue weighted by atomic mass is 15.2. The number of nitrogens with two attached hydrogens (primary N) is 1. The molecule has 2 aromatic heterocycles. The second kappa shape index (κ2) is 4.62. The fourth-order valence-electron chi connectivity index (χ4n) is 2.62. The average molecular weight is 283 g/mol. The summed E-state index contributed by atoms with van der Waals surface area (Å²) in [6.45, 7) is 7.30. The Bertz CT molecular complexity index is 789. The lowest BCUT2D eigenvalue weighted by Gasteiger charge is -2.19. The Kier molecular flexibility index (Phi) is 3.01. The minimum absolute atomic E-state index is 0.0318. The highest BCUT2D eigenvalue weighted by molar-refractivity contribution is 5.80. The van der Waals surface area contributed by atoms with Gasteiger partial charge in [-0.3, -0.25) is 4.68 Å². The molecule has 2 heterocycles. The molecule has 1 aromatic carbocycles.